The third-order valence-corrected chi connectivity index (χ3v) is 4.91. The van der Waals surface area contributed by atoms with Gasteiger partial charge in [-0.15, -0.1) is 0 Å². The van der Waals surface area contributed by atoms with E-state index in [1.54, 1.807) is 24.3 Å². The Morgan fingerprint density at radius 3 is 1.97 bits per heavy atom. The molecule has 2 atom stereocenters. The van der Waals surface area contributed by atoms with Crippen LogP contribution in [-0.2, 0) is 11.2 Å². The average Bonchev–Trinajstić information content (AvgIpc) is 2.66. The Balaban J connectivity index is 2.03. The summed E-state index contributed by atoms with van der Waals surface area (Å²) in [6.07, 6.45) is 1.06. The summed E-state index contributed by atoms with van der Waals surface area (Å²) in [4.78, 5) is 23.8. The fourth-order valence-electron chi connectivity index (χ4n) is 3.32. The van der Waals surface area contributed by atoms with Gasteiger partial charge in [0.05, 0.1) is 6.04 Å². The first-order valence-corrected chi connectivity index (χ1v) is 10.2. The molecule has 0 unspecified atom stereocenters. The van der Waals surface area contributed by atoms with Crippen molar-refractivity contribution >= 4 is 17.5 Å². The van der Waals surface area contributed by atoms with Crippen LogP contribution in [-0.4, -0.2) is 17.9 Å². The maximum absolute atomic E-state index is 12.6. The number of benzene rings is 2. The summed E-state index contributed by atoms with van der Waals surface area (Å²) >= 11 is 0. The van der Waals surface area contributed by atoms with Crippen molar-refractivity contribution < 1.29 is 9.59 Å². The van der Waals surface area contributed by atoms with Gasteiger partial charge in [-0.25, -0.2) is 0 Å². The van der Waals surface area contributed by atoms with E-state index in [0.29, 0.717) is 23.1 Å². The zero-order chi connectivity index (χ0) is 21.6. The van der Waals surface area contributed by atoms with Gasteiger partial charge in [0.2, 0.25) is 11.8 Å². The molecule has 0 fully saturated rings. The highest BCUT2D eigenvalue weighted by atomic mass is 16.2. The van der Waals surface area contributed by atoms with Crippen LogP contribution in [0.1, 0.15) is 62.1 Å². The number of carbonyl (C=O) groups excluding carboxylic acids is 2. The quantitative estimate of drug-likeness (QED) is 0.592. The summed E-state index contributed by atoms with van der Waals surface area (Å²) < 4.78 is 0. The average molecular weight is 396 g/mol. The lowest BCUT2D eigenvalue weighted by molar-refractivity contribution is -0.118. The summed E-state index contributed by atoms with van der Waals surface area (Å²) in [5, 5.41) is 6.34. The number of hydrogen-bond donors (Lipinski definition) is 3. The van der Waals surface area contributed by atoms with Crippen LogP contribution in [0.2, 0.25) is 0 Å². The van der Waals surface area contributed by atoms with Crippen molar-refractivity contribution in [3.8, 4) is 0 Å². The summed E-state index contributed by atoms with van der Waals surface area (Å²) in [6.45, 7) is 10.6. The fourth-order valence-corrected chi connectivity index (χ4v) is 3.32. The van der Waals surface area contributed by atoms with E-state index in [0.717, 1.165) is 6.42 Å². The van der Waals surface area contributed by atoms with Crippen LogP contribution >= 0.6 is 0 Å². The number of anilines is 1. The largest absolute Gasteiger partial charge is 0.366 e. The Morgan fingerprint density at radius 2 is 1.48 bits per heavy atom. The molecule has 5 heteroatoms. The Kier molecular flexibility index (Phi) is 7.97. The maximum Gasteiger partial charge on any atom is 0.248 e. The molecule has 2 aromatic rings. The normalized spacial score (nSPS) is 13.3. The summed E-state index contributed by atoms with van der Waals surface area (Å²) in [6, 6.07) is 14.9. The van der Waals surface area contributed by atoms with E-state index < -0.39 is 5.91 Å². The highest BCUT2D eigenvalue weighted by Gasteiger charge is 2.22. The SMILES string of the molecule is CC(C)Cc1ccc([C@H](N[C@H](C)C(=O)Nc2ccc(C(N)=O)cc2)C(C)C)cc1. The van der Waals surface area contributed by atoms with Gasteiger partial charge in [0, 0.05) is 17.3 Å². The van der Waals surface area contributed by atoms with Crippen LogP contribution in [0, 0.1) is 11.8 Å². The topological polar surface area (TPSA) is 84.2 Å². The van der Waals surface area contributed by atoms with Crippen LogP contribution in [0.15, 0.2) is 48.5 Å². The molecule has 5 nitrogen and oxygen atoms in total. The first kappa shape index (κ1) is 22.6. The second-order valence-electron chi connectivity index (χ2n) is 8.38. The van der Waals surface area contributed by atoms with E-state index in [1.807, 2.05) is 6.92 Å². The molecule has 0 saturated heterocycles. The molecule has 0 saturated carbocycles. The molecule has 0 bridgehead atoms. The molecule has 0 aliphatic carbocycles. The Labute approximate surface area is 174 Å². The predicted molar refractivity (Wildman–Crippen MR) is 119 cm³/mol. The highest BCUT2D eigenvalue weighted by molar-refractivity contribution is 5.96. The standard InChI is InChI=1S/C24H33N3O2/c1-15(2)14-18-6-8-19(9-7-18)22(16(3)4)26-17(5)24(29)27-21-12-10-20(11-13-21)23(25)28/h6-13,15-17,22,26H,14H2,1-5H3,(H2,25,28)(H,27,29)/t17-,22-/m1/s1. The molecule has 0 aliphatic heterocycles. The number of rotatable bonds is 9. The Morgan fingerprint density at radius 1 is 0.897 bits per heavy atom. The van der Waals surface area contributed by atoms with Crippen LogP contribution in [0.25, 0.3) is 0 Å². The highest BCUT2D eigenvalue weighted by Crippen LogP contribution is 2.23. The molecule has 0 radical (unpaired) electrons. The van der Waals surface area contributed by atoms with Gasteiger partial charge in [0.15, 0.2) is 0 Å². The zero-order valence-electron chi connectivity index (χ0n) is 18.0. The van der Waals surface area contributed by atoms with Gasteiger partial charge in [-0.1, -0.05) is 52.0 Å². The van der Waals surface area contributed by atoms with Crippen molar-refractivity contribution in [3.05, 3.63) is 65.2 Å². The van der Waals surface area contributed by atoms with Crippen molar-refractivity contribution in [1.29, 1.82) is 0 Å². The zero-order valence-corrected chi connectivity index (χ0v) is 18.0. The number of primary amides is 1. The molecule has 0 heterocycles. The molecular formula is C24H33N3O2. The van der Waals surface area contributed by atoms with Gasteiger partial charge in [-0.3, -0.25) is 14.9 Å². The van der Waals surface area contributed by atoms with E-state index in [4.69, 9.17) is 5.73 Å². The van der Waals surface area contributed by atoms with Crippen LogP contribution in [0.3, 0.4) is 0 Å². The molecule has 0 aromatic heterocycles. The van der Waals surface area contributed by atoms with E-state index in [-0.39, 0.29) is 18.0 Å². The lowest BCUT2D eigenvalue weighted by Crippen LogP contribution is -2.41. The number of hydrogen-bond acceptors (Lipinski definition) is 3. The van der Waals surface area contributed by atoms with Crippen LogP contribution in [0.5, 0.6) is 0 Å². The van der Waals surface area contributed by atoms with Crippen molar-refractivity contribution in [2.24, 2.45) is 17.6 Å². The summed E-state index contributed by atoms with van der Waals surface area (Å²) in [7, 11) is 0. The van der Waals surface area contributed by atoms with Crippen molar-refractivity contribution in [1.82, 2.24) is 5.32 Å². The van der Waals surface area contributed by atoms with Crippen LogP contribution in [0.4, 0.5) is 5.69 Å². The van der Waals surface area contributed by atoms with Crippen molar-refractivity contribution in [2.75, 3.05) is 5.32 Å². The predicted octanol–water partition coefficient (Wildman–Crippen LogP) is 4.30. The molecule has 156 valence electrons. The third-order valence-electron chi connectivity index (χ3n) is 4.91. The molecule has 0 spiro atoms. The monoisotopic (exact) mass is 395 g/mol. The van der Waals surface area contributed by atoms with E-state index >= 15 is 0 Å². The van der Waals surface area contributed by atoms with Gasteiger partial charge in [0.25, 0.3) is 0 Å². The van der Waals surface area contributed by atoms with Gasteiger partial charge in [-0.05, 0) is 60.6 Å². The van der Waals surface area contributed by atoms with Crippen LogP contribution < -0.4 is 16.4 Å². The third kappa shape index (κ3) is 6.71. The minimum atomic E-state index is -0.489. The van der Waals surface area contributed by atoms with E-state index in [9.17, 15) is 9.59 Å². The number of nitrogens with one attached hydrogen (secondary N) is 2. The molecule has 29 heavy (non-hydrogen) atoms. The minimum absolute atomic E-state index is 0.0705. The molecule has 2 rings (SSSR count). The number of amides is 2. The number of nitrogens with two attached hydrogens (primary N) is 1. The molecule has 2 aromatic carbocycles. The first-order valence-electron chi connectivity index (χ1n) is 10.2. The minimum Gasteiger partial charge on any atom is -0.366 e. The lowest BCUT2D eigenvalue weighted by Gasteiger charge is -2.27. The molecule has 2 amide bonds. The van der Waals surface area contributed by atoms with Crippen molar-refractivity contribution in [2.45, 2.75) is 53.1 Å². The van der Waals surface area contributed by atoms with Gasteiger partial charge in [-0.2, -0.15) is 0 Å². The lowest BCUT2D eigenvalue weighted by atomic mass is 9.93. The smallest absolute Gasteiger partial charge is 0.248 e. The Bertz CT molecular complexity index is 811. The molecular weight excluding hydrogens is 362 g/mol. The summed E-state index contributed by atoms with van der Waals surface area (Å²) in [5.74, 6) is 0.340. The molecule has 0 aliphatic rings. The van der Waals surface area contributed by atoms with E-state index in [1.165, 1.54) is 11.1 Å². The van der Waals surface area contributed by atoms with E-state index in [2.05, 4.69) is 62.6 Å². The fraction of sp³-hybridized carbons (Fsp3) is 0.417. The second kappa shape index (κ2) is 10.2. The van der Waals surface area contributed by atoms with Gasteiger partial charge in [0.1, 0.15) is 0 Å². The number of carbonyl (C=O) groups is 2. The second-order valence-corrected chi connectivity index (χ2v) is 8.38. The maximum atomic E-state index is 12.6. The van der Waals surface area contributed by atoms with Gasteiger partial charge < -0.3 is 11.1 Å². The molecule has 4 N–H and O–H groups in total. The summed E-state index contributed by atoms with van der Waals surface area (Å²) in [5.41, 5.74) is 8.80. The Hall–Kier alpha value is -2.66. The first-order chi connectivity index (χ1) is 13.7. The van der Waals surface area contributed by atoms with Crippen molar-refractivity contribution in [3.63, 3.8) is 0 Å². The van der Waals surface area contributed by atoms with Gasteiger partial charge >= 0.3 is 0 Å².